The largest absolute Gasteiger partial charge is 0.478 e. The maximum atomic E-state index is 13.5. The van der Waals surface area contributed by atoms with E-state index in [1.807, 2.05) is 19.0 Å². The highest BCUT2D eigenvalue weighted by Crippen LogP contribution is 2.15. The van der Waals surface area contributed by atoms with Crippen LogP contribution in [0.1, 0.15) is 16.8 Å². The van der Waals surface area contributed by atoms with Crippen LogP contribution in [0.3, 0.4) is 0 Å². The Morgan fingerprint density at radius 2 is 2.11 bits per heavy atom. The summed E-state index contributed by atoms with van der Waals surface area (Å²) in [5.41, 5.74) is -0.0487. The molecule has 1 N–H and O–H groups in total. The van der Waals surface area contributed by atoms with Crippen molar-refractivity contribution in [3.8, 4) is 0 Å². The molecule has 0 aromatic heterocycles. The van der Waals surface area contributed by atoms with Gasteiger partial charge in [-0.2, -0.15) is 0 Å². The van der Waals surface area contributed by atoms with E-state index < -0.39 is 22.6 Å². The smallest absolute Gasteiger partial charge is 0.335 e. The van der Waals surface area contributed by atoms with E-state index in [-0.39, 0.29) is 10.5 Å². The number of carboxylic acids is 1. The van der Waals surface area contributed by atoms with E-state index in [4.69, 9.17) is 5.11 Å². The standard InChI is InChI=1S/C12H16FNO3S/c1-14(2)6-3-7-18(17)11-8-9(12(15)16)4-5-10(11)13/h4-5,8H,3,6-7H2,1-2H3,(H,15,16). The number of benzene rings is 1. The molecule has 0 heterocycles. The Balaban J connectivity index is 2.78. The molecule has 0 radical (unpaired) electrons. The van der Waals surface area contributed by atoms with Gasteiger partial charge in [0.05, 0.1) is 21.3 Å². The van der Waals surface area contributed by atoms with Crippen LogP contribution >= 0.6 is 0 Å². The minimum Gasteiger partial charge on any atom is -0.478 e. The SMILES string of the molecule is CN(C)CCCS(=O)c1cc(C(=O)O)ccc1F. The summed E-state index contributed by atoms with van der Waals surface area (Å²) in [6, 6.07) is 3.35. The number of hydrogen-bond donors (Lipinski definition) is 1. The van der Waals surface area contributed by atoms with Crippen LogP contribution in [0.5, 0.6) is 0 Å². The molecule has 1 unspecified atom stereocenters. The third kappa shape index (κ3) is 4.19. The van der Waals surface area contributed by atoms with Gasteiger partial charge in [0.15, 0.2) is 0 Å². The van der Waals surface area contributed by atoms with Crippen molar-refractivity contribution >= 4 is 16.8 Å². The van der Waals surface area contributed by atoms with Gasteiger partial charge in [0.1, 0.15) is 5.82 Å². The van der Waals surface area contributed by atoms with Crippen LogP contribution in [-0.2, 0) is 10.8 Å². The van der Waals surface area contributed by atoms with E-state index in [0.29, 0.717) is 12.2 Å². The van der Waals surface area contributed by atoms with Gasteiger partial charge in [0.2, 0.25) is 0 Å². The van der Waals surface area contributed by atoms with Crippen LogP contribution in [0, 0.1) is 5.82 Å². The van der Waals surface area contributed by atoms with Gasteiger partial charge in [0.25, 0.3) is 0 Å². The van der Waals surface area contributed by atoms with E-state index in [1.165, 1.54) is 0 Å². The molecule has 1 aromatic carbocycles. The highest BCUT2D eigenvalue weighted by Gasteiger charge is 2.13. The first kappa shape index (κ1) is 14.8. The van der Waals surface area contributed by atoms with Crippen molar-refractivity contribution in [1.29, 1.82) is 0 Å². The predicted octanol–water partition coefficient (Wildman–Crippen LogP) is 1.58. The van der Waals surface area contributed by atoms with Gasteiger partial charge in [-0.05, 0) is 45.3 Å². The van der Waals surface area contributed by atoms with E-state index in [1.54, 1.807) is 0 Å². The first-order valence-corrected chi connectivity index (χ1v) is 6.79. The van der Waals surface area contributed by atoms with Crippen LogP contribution in [0.15, 0.2) is 23.1 Å². The zero-order chi connectivity index (χ0) is 13.7. The first-order valence-electron chi connectivity index (χ1n) is 5.47. The summed E-state index contributed by atoms with van der Waals surface area (Å²) >= 11 is 0. The lowest BCUT2D eigenvalue weighted by molar-refractivity contribution is 0.0696. The molecule has 0 aliphatic carbocycles. The van der Waals surface area contributed by atoms with Gasteiger partial charge < -0.3 is 10.0 Å². The number of rotatable bonds is 6. The van der Waals surface area contributed by atoms with Crippen molar-refractivity contribution in [3.05, 3.63) is 29.6 Å². The molecule has 0 aliphatic heterocycles. The monoisotopic (exact) mass is 273 g/mol. The van der Waals surface area contributed by atoms with Crippen LogP contribution in [0.4, 0.5) is 4.39 Å². The van der Waals surface area contributed by atoms with Crippen LogP contribution in [-0.4, -0.2) is 46.6 Å². The van der Waals surface area contributed by atoms with Crippen LogP contribution < -0.4 is 0 Å². The second kappa shape index (κ2) is 6.61. The number of nitrogens with zero attached hydrogens (tertiary/aromatic N) is 1. The second-order valence-electron chi connectivity index (χ2n) is 4.16. The molecule has 0 saturated heterocycles. The number of carbonyl (C=O) groups is 1. The molecule has 0 amide bonds. The quantitative estimate of drug-likeness (QED) is 0.855. The summed E-state index contributed by atoms with van der Waals surface area (Å²) < 4.78 is 25.4. The Morgan fingerprint density at radius 1 is 1.44 bits per heavy atom. The average molecular weight is 273 g/mol. The van der Waals surface area contributed by atoms with Crippen molar-refractivity contribution in [2.45, 2.75) is 11.3 Å². The number of halogens is 1. The Morgan fingerprint density at radius 3 is 2.67 bits per heavy atom. The summed E-state index contributed by atoms with van der Waals surface area (Å²) in [6.45, 7) is 0.756. The molecule has 1 atom stereocenters. The Hall–Kier alpha value is -1.27. The van der Waals surface area contributed by atoms with E-state index >= 15 is 0 Å². The Kier molecular flexibility index (Phi) is 5.43. The lowest BCUT2D eigenvalue weighted by Gasteiger charge is -2.09. The van der Waals surface area contributed by atoms with Crippen molar-refractivity contribution in [1.82, 2.24) is 4.90 Å². The van der Waals surface area contributed by atoms with Gasteiger partial charge >= 0.3 is 5.97 Å². The summed E-state index contributed by atoms with van der Waals surface area (Å²) in [7, 11) is 2.29. The third-order valence-corrected chi connectivity index (χ3v) is 3.82. The molecule has 4 nitrogen and oxygen atoms in total. The maximum Gasteiger partial charge on any atom is 0.335 e. The van der Waals surface area contributed by atoms with Gasteiger partial charge in [-0.1, -0.05) is 0 Å². The van der Waals surface area contributed by atoms with E-state index in [9.17, 15) is 13.4 Å². The van der Waals surface area contributed by atoms with Crippen LogP contribution in [0.2, 0.25) is 0 Å². The van der Waals surface area contributed by atoms with Gasteiger partial charge in [-0.25, -0.2) is 9.18 Å². The normalized spacial score (nSPS) is 12.7. The topological polar surface area (TPSA) is 57.6 Å². The molecule has 0 saturated carbocycles. The predicted molar refractivity (Wildman–Crippen MR) is 67.8 cm³/mol. The summed E-state index contributed by atoms with van der Waals surface area (Å²) in [5.74, 6) is -1.46. The first-order chi connectivity index (χ1) is 8.41. The Bertz CT molecular complexity index is 463. The third-order valence-electron chi connectivity index (χ3n) is 2.36. The fourth-order valence-electron chi connectivity index (χ4n) is 1.43. The minimum atomic E-state index is -1.50. The molecule has 18 heavy (non-hydrogen) atoms. The van der Waals surface area contributed by atoms with E-state index in [2.05, 4.69) is 0 Å². The number of carboxylic acid groups (broad SMARTS) is 1. The summed E-state index contributed by atoms with van der Waals surface area (Å²) in [6.07, 6.45) is 0.663. The van der Waals surface area contributed by atoms with Gasteiger partial charge in [-0.3, -0.25) is 4.21 Å². The van der Waals surface area contributed by atoms with Crippen molar-refractivity contribution in [3.63, 3.8) is 0 Å². The van der Waals surface area contributed by atoms with Crippen molar-refractivity contribution in [2.75, 3.05) is 26.4 Å². The van der Waals surface area contributed by atoms with Crippen LogP contribution in [0.25, 0.3) is 0 Å². The minimum absolute atomic E-state index is 0.0337. The fourth-order valence-corrected chi connectivity index (χ4v) is 2.59. The van der Waals surface area contributed by atoms with Crippen molar-refractivity contribution < 1.29 is 18.5 Å². The molecule has 0 bridgehead atoms. The number of aromatic carboxylic acids is 1. The summed E-state index contributed by atoms with van der Waals surface area (Å²) in [5, 5.41) is 8.80. The summed E-state index contributed by atoms with van der Waals surface area (Å²) in [4.78, 5) is 12.7. The zero-order valence-electron chi connectivity index (χ0n) is 10.4. The van der Waals surface area contributed by atoms with E-state index in [0.717, 1.165) is 24.7 Å². The molecule has 0 fully saturated rings. The molecule has 6 heteroatoms. The fraction of sp³-hybridized carbons (Fsp3) is 0.417. The highest BCUT2D eigenvalue weighted by molar-refractivity contribution is 7.85. The molecular formula is C12H16FNO3S. The van der Waals surface area contributed by atoms with Gasteiger partial charge in [0, 0.05) is 5.75 Å². The zero-order valence-corrected chi connectivity index (χ0v) is 11.2. The molecular weight excluding hydrogens is 257 g/mol. The second-order valence-corrected chi connectivity index (χ2v) is 5.70. The lowest BCUT2D eigenvalue weighted by atomic mass is 10.2. The molecule has 1 rings (SSSR count). The number of hydrogen-bond acceptors (Lipinski definition) is 3. The molecule has 0 aliphatic rings. The molecule has 1 aromatic rings. The average Bonchev–Trinajstić information content (AvgIpc) is 2.28. The highest BCUT2D eigenvalue weighted by atomic mass is 32.2. The molecule has 0 spiro atoms. The Labute approximate surface area is 108 Å². The molecule has 100 valence electrons. The lowest BCUT2D eigenvalue weighted by Crippen LogP contribution is -2.15. The van der Waals surface area contributed by atoms with Gasteiger partial charge in [-0.15, -0.1) is 0 Å². The maximum absolute atomic E-state index is 13.5. The van der Waals surface area contributed by atoms with Crippen molar-refractivity contribution in [2.24, 2.45) is 0 Å².